The lowest BCUT2D eigenvalue weighted by Crippen LogP contribution is -2.25. The van der Waals surface area contributed by atoms with Gasteiger partial charge in [0.05, 0.1) is 16.3 Å². The van der Waals surface area contributed by atoms with Crippen LogP contribution in [0.4, 0.5) is 11.4 Å². The van der Waals surface area contributed by atoms with Gasteiger partial charge in [0, 0.05) is 17.8 Å². The second-order valence-electron chi connectivity index (χ2n) is 8.72. The Bertz CT molecular complexity index is 1610. The van der Waals surface area contributed by atoms with E-state index in [9.17, 15) is 18.0 Å². The number of aryl methyl sites for hydroxylation is 2. The number of anilines is 2. The summed E-state index contributed by atoms with van der Waals surface area (Å²) in [5, 5.41) is 5.52. The molecule has 0 aliphatic heterocycles. The summed E-state index contributed by atoms with van der Waals surface area (Å²) in [5.74, 6) is -0.950. The molecular weight excluding hydrogens is 522 g/mol. The first-order chi connectivity index (χ1) is 18.1. The maximum absolute atomic E-state index is 13.1. The van der Waals surface area contributed by atoms with E-state index < -0.39 is 15.9 Å². The van der Waals surface area contributed by atoms with Crippen molar-refractivity contribution in [2.75, 3.05) is 10.0 Å². The van der Waals surface area contributed by atoms with Gasteiger partial charge in [-0.05, 0) is 73.0 Å². The van der Waals surface area contributed by atoms with E-state index in [4.69, 9.17) is 11.6 Å². The van der Waals surface area contributed by atoms with Gasteiger partial charge in [0.1, 0.15) is 4.90 Å². The fraction of sp³-hybridized carbons (Fsp3) is 0.103. The van der Waals surface area contributed by atoms with E-state index in [1.807, 2.05) is 50.2 Å². The zero-order chi connectivity index (χ0) is 27.3. The molecule has 0 saturated carbocycles. The zero-order valence-corrected chi connectivity index (χ0v) is 22.4. The summed E-state index contributed by atoms with van der Waals surface area (Å²) >= 11 is 6.22. The predicted octanol–water partition coefficient (Wildman–Crippen LogP) is 5.94. The van der Waals surface area contributed by atoms with Crippen LogP contribution in [0, 0.1) is 13.8 Å². The molecule has 3 N–H and O–H groups in total. The van der Waals surface area contributed by atoms with Gasteiger partial charge in [-0.1, -0.05) is 60.1 Å². The molecular formula is C29H26ClN3O4S. The van der Waals surface area contributed by atoms with E-state index in [1.165, 1.54) is 18.2 Å². The third kappa shape index (κ3) is 6.40. The summed E-state index contributed by atoms with van der Waals surface area (Å²) in [6.07, 6.45) is 0. The van der Waals surface area contributed by atoms with Gasteiger partial charge in [-0.15, -0.1) is 0 Å². The van der Waals surface area contributed by atoms with Crippen LogP contribution in [0.3, 0.4) is 0 Å². The van der Waals surface area contributed by atoms with E-state index in [0.29, 0.717) is 12.2 Å². The number of carbonyl (C=O) groups is 2. The Morgan fingerprint density at radius 3 is 2.24 bits per heavy atom. The Balaban J connectivity index is 1.53. The van der Waals surface area contributed by atoms with Crippen LogP contribution < -0.4 is 15.4 Å². The maximum Gasteiger partial charge on any atom is 0.263 e. The lowest BCUT2D eigenvalue weighted by atomic mass is 10.1. The maximum atomic E-state index is 13.1. The number of nitrogens with one attached hydrogen (secondary N) is 3. The Morgan fingerprint density at radius 1 is 0.789 bits per heavy atom. The fourth-order valence-corrected chi connectivity index (χ4v) is 5.30. The van der Waals surface area contributed by atoms with Gasteiger partial charge in [0.15, 0.2) is 0 Å². The number of carbonyl (C=O) groups excluding carboxylic acids is 2. The number of sulfonamides is 1. The van der Waals surface area contributed by atoms with Crippen molar-refractivity contribution in [1.29, 1.82) is 0 Å². The van der Waals surface area contributed by atoms with Gasteiger partial charge in [-0.25, -0.2) is 8.42 Å². The van der Waals surface area contributed by atoms with Gasteiger partial charge in [0.2, 0.25) is 0 Å². The molecule has 0 saturated heterocycles. The molecule has 9 heteroatoms. The molecule has 0 heterocycles. The van der Waals surface area contributed by atoms with Gasteiger partial charge < -0.3 is 10.6 Å². The summed E-state index contributed by atoms with van der Waals surface area (Å²) in [6, 6.07) is 25.2. The number of halogens is 1. The molecule has 0 atom stereocenters. The lowest BCUT2D eigenvalue weighted by molar-refractivity contribution is 0.0951. The monoisotopic (exact) mass is 547 g/mol. The molecule has 0 spiro atoms. The number of benzene rings is 4. The number of amides is 2. The largest absolute Gasteiger partial charge is 0.348 e. The van der Waals surface area contributed by atoms with Gasteiger partial charge >= 0.3 is 0 Å². The first kappa shape index (κ1) is 26.9. The van der Waals surface area contributed by atoms with Crippen LogP contribution in [-0.2, 0) is 16.6 Å². The molecule has 4 aromatic carbocycles. The normalized spacial score (nSPS) is 11.0. The third-order valence-electron chi connectivity index (χ3n) is 5.96. The van der Waals surface area contributed by atoms with Crippen molar-refractivity contribution >= 4 is 44.8 Å². The van der Waals surface area contributed by atoms with E-state index in [1.54, 1.807) is 36.4 Å². The molecule has 7 nitrogen and oxygen atoms in total. The highest BCUT2D eigenvalue weighted by atomic mass is 35.5. The van der Waals surface area contributed by atoms with Crippen LogP contribution in [0.2, 0.25) is 5.02 Å². The van der Waals surface area contributed by atoms with Crippen molar-refractivity contribution in [2.24, 2.45) is 0 Å². The van der Waals surface area contributed by atoms with Crippen LogP contribution in [0.25, 0.3) is 0 Å². The van der Waals surface area contributed by atoms with Crippen LogP contribution in [0.5, 0.6) is 0 Å². The van der Waals surface area contributed by atoms with Gasteiger partial charge in [-0.2, -0.15) is 0 Å². The minimum absolute atomic E-state index is 0.0291. The smallest absolute Gasteiger partial charge is 0.263 e. The molecule has 0 aromatic heterocycles. The Morgan fingerprint density at radius 2 is 1.50 bits per heavy atom. The van der Waals surface area contributed by atoms with E-state index in [-0.39, 0.29) is 32.6 Å². The molecule has 0 unspecified atom stereocenters. The minimum atomic E-state index is -4.08. The zero-order valence-electron chi connectivity index (χ0n) is 20.8. The van der Waals surface area contributed by atoms with Crippen LogP contribution in [0.1, 0.15) is 37.4 Å². The fourth-order valence-electron chi connectivity index (χ4n) is 3.72. The van der Waals surface area contributed by atoms with E-state index >= 15 is 0 Å². The molecule has 0 aliphatic rings. The average Bonchev–Trinajstić information content (AvgIpc) is 2.90. The topological polar surface area (TPSA) is 104 Å². The highest BCUT2D eigenvalue weighted by molar-refractivity contribution is 7.92. The number of hydrogen-bond acceptors (Lipinski definition) is 4. The van der Waals surface area contributed by atoms with Crippen LogP contribution >= 0.6 is 11.6 Å². The first-order valence-corrected chi connectivity index (χ1v) is 13.6. The Labute approximate surface area is 226 Å². The van der Waals surface area contributed by atoms with Crippen molar-refractivity contribution in [1.82, 2.24) is 5.32 Å². The molecule has 0 aliphatic carbocycles. The highest BCUT2D eigenvalue weighted by Gasteiger charge is 2.21. The van der Waals surface area contributed by atoms with Gasteiger partial charge in [-0.3, -0.25) is 14.3 Å². The molecule has 4 rings (SSSR count). The summed E-state index contributed by atoms with van der Waals surface area (Å²) in [7, 11) is -4.08. The average molecular weight is 548 g/mol. The quantitative estimate of drug-likeness (QED) is 0.254. The summed E-state index contributed by atoms with van der Waals surface area (Å²) < 4.78 is 28.7. The van der Waals surface area contributed by atoms with Gasteiger partial charge in [0.25, 0.3) is 21.8 Å². The second-order valence-corrected chi connectivity index (χ2v) is 10.8. The summed E-state index contributed by atoms with van der Waals surface area (Å²) in [6.45, 7) is 4.14. The predicted molar refractivity (Wildman–Crippen MR) is 150 cm³/mol. The van der Waals surface area contributed by atoms with Crippen molar-refractivity contribution in [3.63, 3.8) is 0 Å². The van der Waals surface area contributed by atoms with Crippen molar-refractivity contribution in [2.45, 2.75) is 25.3 Å². The number of para-hydroxylation sites is 1. The highest BCUT2D eigenvalue weighted by Crippen LogP contribution is 2.27. The number of hydrogen-bond donors (Lipinski definition) is 3. The molecule has 0 radical (unpaired) electrons. The van der Waals surface area contributed by atoms with E-state index in [0.717, 1.165) is 16.7 Å². The first-order valence-electron chi connectivity index (χ1n) is 11.8. The third-order valence-corrected chi connectivity index (χ3v) is 7.82. The molecule has 0 bridgehead atoms. The molecule has 2 amide bonds. The van der Waals surface area contributed by atoms with Crippen molar-refractivity contribution in [3.8, 4) is 0 Å². The van der Waals surface area contributed by atoms with Crippen molar-refractivity contribution in [3.05, 3.63) is 124 Å². The van der Waals surface area contributed by atoms with Crippen LogP contribution in [-0.4, -0.2) is 20.2 Å². The second kappa shape index (κ2) is 11.5. The lowest BCUT2D eigenvalue weighted by Gasteiger charge is -2.14. The Kier molecular flexibility index (Phi) is 8.14. The van der Waals surface area contributed by atoms with Crippen LogP contribution in [0.15, 0.2) is 95.9 Å². The van der Waals surface area contributed by atoms with Crippen molar-refractivity contribution < 1.29 is 18.0 Å². The number of rotatable bonds is 8. The molecule has 194 valence electrons. The standard InChI is InChI=1S/C29H26ClN3O4S/c1-19-12-14-23(16-20(19)2)33-38(36,37)27-17-22(13-15-25(27)30)28(34)32-26-11-7-6-10-24(26)29(35)31-18-21-8-4-3-5-9-21/h3-17,33H,18H2,1-2H3,(H,31,35)(H,32,34). The molecule has 0 fully saturated rings. The summed E-state index contributed by atoms with van der Waals surface area (Å²) in [4.78, 5) is 25.7. The molecule has 4 aromatic rings. The van der Waals surface area contributed by atoms with E-state index in [2.05, 4.69) is 15.4 Å². The Hall–Kier alpha value is -4.14. The summed E-state index contributed by atoms with van der Waals surface area (Å²) in [5.41, 5.74) is 3.90. The SMILES string of the molecule is Cc1ccc(NS(=O)(=O)c2cc(C(=O)Nc3ccccc3C(=O)NCc3ccccc3)ccc2Cl)cc1C. The minimum Gasteiger partial charge on any atom is -0.348 e. The molecule has 38 heavy (non-hydrogen) atoms.